The number of rotatable bonds is 10. The summed E-state index contributed by atoms with van der Waals surface area (Å²) >= 11 is 0. The van der Waals surface area contributed by atoms with Crippen molar-refractivity contribution in [3.05, 3.63) is 48.0 Å². The fourth-order valence-corrected chi connectivity index (χ4v) is 6.29. The van der Waals surface area contributed by atoms with Crippen molar-refractivity contribution in [3.63, 3.8) is 0 Å². The van der Waals surface area contributed by atoms with Crippen LogP contribution in [0.2, 0.25) is 0 Å². The van der Waals surface area contributed by atoms with Crippen LogP contribution in [0.25, 0.3) is 10.9 Å². The molecule has 5 rings (SSSR count). The van der Waals surface area contributed by atoms with Gasteiger partial charge in [-0.25, -0.2) is 9.78 Å². The summed E-state index contributed by atoms with van der Waals surface area (Å²) in [6, 6.07) is 14.9. The van der Waals surface area contributed by atoms with E-state index in [1.165, 1.54) is 11.3 Å². The normalized spacial score (nSPS) is 18.0. The van der Waals surface area contributed by atoms with Crippen molar-refractivity contribution in [2.45, 2.75) is 77.1 Å². The summed E-state index contributed by atoms with van der Waals surface area (Å²) < 4.78 is 11.3. The molecule has 0 saturated carbocycles. The Hall–Kier alpha value is -3.79. The predicted octanol–water partition coefficient (Wildman–Crippen LogP) is 5.98. The van der Waals surface area contributed by atoms with Crippen molar-refractivity contribution in [2.75, 3.05) is 62.9 Å². The van der Waals surface area contributed by atoms with Crippen molar-refractivity contribution < 1.29 is 14.3 Å². The third kappa shape index (κ3) is 7.83. The van der Waals surface area contributed by atoms with Crippen molar-refractivity contribution in [2.24, 2.45) is 0 Å². The lowest BCUT2D eigenvalue weighted by Gasteiger charge is -2.34. The number of methoxy groups -OCH3 is 1. The molecule has 3 aromatic rings. The fourth-order valence-electron chi connectivity index (χ4n) is 6.29. The largest absolute Gasteiger partial charge is 0.496 e. The molecule has 2 fully saturated rings. The zero-order valence-corrected chi connectivity index (χ0v) is 27.2. The topological polar surface area (TPSA) is 95.1 Å². The zero-order valence-electron chi connectivity index (χ0n) is 27.2. The number of likely N-dealkylation sites (tertiary alicyclic amines) is 2. The van der Waals surface area contributed by atoms with Crippen LogP contribution < -0.4 is 20.3 Å². The van der Waals surface area contributed by atoms with E-state index in [2.05, 4.69) is 52.7 Å². The highest BCUT2D eigenvalue weighted by atomic mass is 16.6. The molecule has 238 valence electrons. The molecule has 2 aromatic carbocycles. The van der Waals surface area contributed by atoms with E-state index in [1.54, 1.807) is 7.11 Å². The Balaban J connectivity index is 1.20. The van der Waals surface area contributed by atoms with Gasteiger partial charge < -0.3 is 29.9 Å². The summed E-state index contributed by atoms with van der Waals surface area (Å²) in [4.78, 5) is 29.0. The molecule has 2 saturated heterocycles. The Morgan fingerprint density at radius 1 is 1.02 bits per heavy atom. The Bertz CT molecular complexity index is 1420. The van der Waals surface area contributed by atoms with Gasteiger partial charge in [0.1, 0.15) is 17.2 Å². The average Bonchev–Trinajstić information content (AvgIpc) is 3.46. The summed E-state index contributed by atoms with van der Waals surface area (Å²) in [5.41, 5.74) is 2.85. The minimum atomic E-state index is -0.494. The Morgan fingerprint density at radius 3 is 2.52 bits per heavy atom. The quantitative estimate of drug-likeness (QED) is 0.290. The fraction of sp³-hybridized carbons (Fsp3) is 0.559. The number of anilines is 3. The second kappa shape index (κ2) is 13.9. The highest BCUT2D eigenvalue weighted by Crippen LogP contribution is 2.31. The van der Waals surface area contributed by atoms with E-state index in [4.69, 9.17) is 19.4 Å². The Morgan fingerprint density at radius 2 is 1.80 bits per heavy atom. The second-order valence-corrected chi connectivity index (χ2v) is 13.1. The Labute approximate surface area is 262 Å². The molecule has 0 radical (unpaired) electrons. The molecule has 10 nitrogen and oxygen atoms in total. The first-order chi connectivity index (χ1) is 21.1. The number of ether oxygens (including phenoxy) is 2. The van der Waals surface area contributed by atoms with E-state index >= 15 is 0 Å². The van der Waals surface area contributed by atoms with Gasteiger partial charge in [-0.15, -0.1) is 0 Å². The maximum absolute atomic E-state index is 12.7. The number of nitrogens with one attached hydrogen (secondary N) is 2. The first-order valence-corrected chi connectivity index (χ1v) is 15.9. The van der Waals surface area contributed by atoms with Crippen LogP contribution >= 0.6 is 0 Å². The second-order valence-electron chi connectivity index (χ2n) is 13.1. The van der Waals surface area contributed by atoms with Gasteiger partial charge in [0.05, 0.1) is 12.6 Å². The van der Waals surface area contributed by atoms with Gasteiger partial charge in [-0.2, -0.15) is 4.98 Å². The van der Waals surface area contributed by atoms with Crippen LogP contribution in [0.1, 0.15) is 58.4 Å². The smallest absolute Gasteiger partial charge is 0.410 e. The van der Waals surface area contributed by atoms with E-state index in [-0.39, 0.29) is 12.1 Å². The molecule has 2 N–H and O–H groups in total. The minimum Gasteiger partial charge on any atom is -0.496 e. The zero-order chi connectivity index (χ0) is 31.3. The molecule has 0 spiro atoms. The summed E-state index contributed by atoms with van der Waals surface area (Å²) in [6.45, 7) is 10.00. The van der Waals surface area contributed by atoms with Gasteiger partial charge in [0.2, 0.25) is 5.95 Å². The van der Waals surface area contributed by atoms with E-state index < -0.39 is 5.60 Å². The monoisotopic (exact) mass is 603 g/mol. The Kier molecular flexibility index (Phi) is 9.98. The number of para-hydroxylation sites is 1. The molecule has 1 atom stereocenters. The van der Waals surface area contributed by atoms with Gasteiger partial charge in [0.15, 0.2) is 0 Å². The standard InChI is InChI=1S/C34H49N7O3/c1-34(2,3)44-33(42)41-20-10-11-25(41)16-19-35-32-37-28-13-8-7-12-26(28)31(38-32)36-24-17-21-40(22-18-24)23-27-29(39(4)5)14-9-15-30(27)43-6/h7-9,12-15,24-25H,10-11,16-23H2,1-6H3,(H2,35,36,37,38)/t25-/m1/s1. The SMILES string of the molecule is COc1cccc(N(C)C)c1CN1CCC(Nc2nc(NCC[C@H]3CCCN3C(=O)OC(C)(C)C)nc3ccccc23)CC1. The molecule has 2 aliphatic rings. The first-order valence-electron chi connectivity index (χ1n) is 15.9. The molecular formula is C34H49N7O3. The lowest BCUT2D eigenvalue weighted by atomic mass is 10.0. The molecule has 10 heteroatoms. The highest BCUT2D eigenvalue weighted by Gasteiger charge is 2.32. The lowest BCUT2D eigenvalue weighted by Crippen LogP contribution is -2.40. The number of carbonyl (C=O) groups is 1. The number of aromatic nitrogens is 2. The number of amides is 1. The van der Waals surface area contributed by atoms with Gasteiger partial charge in [-0.1, -0.05) is 18.2 Å². The number of hydrogen-bond acceptors (Lipinski definition) is 9. The molecule has 0 unspecified atom stereocenters. The van der Waals surface area contributed by atoms with E-state index in [9.17, 15) is 4.79 Å². The number of carbonyl (C=O) groups excluding carboxylic acids is 1. The molecule has 0 bridgehead atoms. The number of hydrogen-bond donors (Lipinski definition) is 2. The van der Waals surface area contributed by atoms with Crippen LogP contribution in [0.15, 0.2) is 42.5 Å². The average molecular weight is 604 g/mol. The minimum absolute atomic E-state index is 0.158. The van der Waals surface area contributed by atoms with Gasteiger partial charge in [0.25, 0.3) is 0 Å². The maximum Gasteiger partial charge on any atom is 0.410 e. The van der Waals surface area contributed by atoms with Crippen LogP contribution in [0, 0.1) is 0 Å². The maximum atomic E-state index is 12.7. The molecule has 1 aromatic heterocycles. The molecule has 44 heavy (non-hydrogen) atoms. The van der Waals surface area contributed by atoms with E-state index in [1.807, 2.05) is 49.9 Å². The summed E-state index contributed by atoms with van der Waals surface area (Å²) in [7, 11) is 5.91. The molecule has 3 heterocycles. The number of fused-ring (bicyclic) bond motifs is 1. The summed E-state index contributed by atoms with van der Waals surface area (Å²) in [6.07, 6.45) is 4.63. The number of benzene rings is 2. The van der Waals surface area contributed by atoms with Gasteiger partial charge in [0, 0.05) is 75.5 Å². The van der Waals surface area contributed by atoms with Crippen molar-refractivity contribution in [1.82, 2.24) is 19.8 Å². The van der Waals surface area contributed by atoms with E-state index in [0.29, 0.717) is 18.5 Å². The molecule has 0 aliphatic carbocycles. The van der Waals surface area contributed by atoms with Crippen molar-refractivity contribution in [3.8, 4) is 5.75 Å². The molecular weight excluding hydrogens is 554 g/mol. The predicted molar refractivity (Wildman–Crippen MR) is 178 cm³/mol. The lowest BCUT2D eigenvalue weighted by molar-refractivity contribution is 0.0223. The molecule has 2 aliphatic heterocycles. The van der Waals surface area contributed by atoms with Crippen LogP contribution in [0.5, 0.6) is 5.75 Å². The highest BCUT2D eigenvalue weighted by molar-refractivity contribution is 5.90. The first kappa shape index (κ1) is 31.6. The third-order valence-electron chi connectivity index (χ3n) is 8.49. The summed E-state index contributed by atoms with van der Waals surface area (Å²) in [5.74, 6) is 2.42. The van der Waals surface area contributed by atoms with Crippen molar-refractivity contribution >= 4 is 34.4 Å². The number of nitrogens with zero attached hydrogens (tertiary/aromatic N) is 5. The van der Waals surface area contributed by atoms with Gasteiger partial charge >= 0.3 is 6.09 Å². The van der Waals surface area contributed by atoms with Crippen LogP contribution in [0.3, 0.4) is 0 Å². The third-order valence-corrected chi connectivity index (χ3v) is 8.49. The summed E-state index contributed by atoms with van der Waals surface area (Å²) in [5, 5.41) is 8.22. The van der Waals surface area contributed by atoms with Crippen LogP contribution in [0.4, 0.5) is 22.2 Å². The van der Waals surface area contributed by atoms with Crippen molar-refractivity contribution in [1.29, 1.82) is 0 Å². The van der Waals surface area contributed by atoms with Crippen LogP contribution in [-0.2, 0) is 11.3 Å². The number of piperidine rings is 1. The van der Waals surface area contributed by atoms with E-state index in [0.717, 1.165) is 80.8 Å². The van der Waals surface area contributed by atoms with Crippen LogP contribution in [-0.4, -0.2) is 90.9 Å². The van der Waals surface area contributed by atoms with Gasteiger partial charge in [-0.05, 0) is 77.1 Å². The molecule has 1 amide bonds. The van der Waals surface area contributed by atoms with Gasteiger partial charge in [-0.3, -0.25) is 4.90 Å².